The summed E-state index contributed by atoms with van der Waals surface area (Å²) in [7, 11) is 1.70. The molecule has 1 fully saturated rings. The largest absolute Gasteiger partial charge is 0.394 e. The second kappa shape index (κ2) is 3.79. The SMILES string of the molecule is CNc1nc(Cl)nc(NC2(CO)CC2)n1. The lowest BCUT2D eigenvalue weighted by Gasteiger charge is -2.14. The van der Waals surface area contributed by atoms with E-state index in [0.29, 0.717) is 11.9 Å². The van der Waals surface area contributed by atoms with Crippen LogP contribution in [0.15, 0.2) is 0 Å². The van der Waals surface area contributed by atoms with Gasteiger partial charge >= 0.3 is 0 Å². The highest BCUT2D eigenvalue weighted by Gasteiger charge is 2.42. The van der Waals surface area contributed by atoms with E-state index < -0.39 is 0 Å². The van der Waals surface area contributed by atoms with Gasteiger partial charge in [0.05, 0.1) is 12.1 Å². The van der Waals surface area contributed by atoms with Crippen LogP contribution in [0.2, 0.25) is 5.28 Å². The smallest absolute Gasteiger partial charge is 0.229 e. The van der Waals surface area contributed by atoms with Crippen molar-refractivity contribution < 1.29 is 5.11 Å². The van der Waals surface area contributed by atoms with Gasteiger partial charge in [-0.15, -0.1) is 0 Å². The van der Waals surface area contributed by atoms with Gasteiger partial charge < -0.3 is 15.7 Å². The quantitative estimate of drug-likeness (QED) is 0.698. The minimum atomic E-state index is -0.254. The molecule has 7 heteroatoms. The number of hydrogen-bond acceptors (Lipinski definition) is 6. The van der Waals surface area contributed by atoms with Crippen LogP contribution in [-0.4, -0.2) is 39.3 Å². The van der Waals surface area contributed by atoms with E-state index in [0.717, 1.165) is 12.8 Å². The first-order valence-electron chi connectivity index (χ1n) is 4.66. The number of aliphatic hydroxyl groups excluding tert-OH is 1. The van der Waals surface area contributed by atoms with Crippen molar-refractivity contribution in [2.75, 3.05) is 24.3 Å². The third-order valence-corrected chi connectivity index (χ3v) is 2.53. The molecule has 1 aliphatic carbocycles. The first kappa shape index (κ1) is 10.4. The molecule has 1 heterocycles. The van der Waals surface area contributed by atoms with Crippen LogP contribution in [0.5, 0.6) is 0 Å². The Morgan fingerprint density at radius 2 is 2.00 bits per heavy atom. The predicted octanol–water partition coefficient (Wildman–Crippen LogP) is 0.503. The molecule has 1 saturated carbocycles. The van der Waals surface area contributed by atoms with Gasteiger partial charge in [-0.1, -0.05) is 0 Å². The van der Waals surface area contributed by atoms with Crippen molar-refractivity contribution in [2.45, 2.75) is 18.4 Å². The monoisotopic (exact) mass is 229 g/mol. The Bertz CT molecular complexity index is 368. The molecule has 2 rings (SSSR count). The van der Waals surface area contributed by atoms with Crippen molar-refractivity contribution in [1.82, 2.24) is 15.0 Å². The second-order valence-electron chi connectivity index (χ2n) is 3.57. The van der Waals surface area contributed by atoms with Gasteiger partial charge in [0.15, 0.2) is 0 Å². The van der Waals surface area contributed by atoms with Crippen molar-refractivity contribution in [1.29, 1.82) is 0 Å². The van der Waals surface area contributed by atoms with E-state index in [1.54, 1.807) is 7.05 Å². The third kappa shape index (κ3) is 2.27. The summed E-state index contributed by atoms with van der Waals surface area (Å²) in [5, 5.41) is 15.1. The highest BCUT2D eigenvalue weighted by molar-refractivity contribution is 6.28. The summed E-state index contributed by atoms with van der Waals surface area (Å²) in [6.45, 7) is 0.0746. The van der Waals surface area contributed by atoms with Crippen LogP contribution in [0.3, 0.4) is 0 Å². The molecule has 0 unspecified atom stereocenters. The van der Waals surface area contributed by atoms with Gasteiger partial charge in [-0.3, -0.25) is 0 Å². The van der Waals surface area contributed by atoms with Crippen LogP contribution in [0, 0.1) is 0 Å². The van der Waals surface area contributed by atoms with E-state index in [-0.39, 0.29) is 17.4 Å². The molecule has 1 aromatic heterocycles. The number of aromatic nitrogens is 3. The number of aliphatic hydroxyl groups is 1. The predicted molar refractivity (Wildman–Crippen MR) is 57.1 cm³/mol. The van der Waals surface area contributed by atoms with Gasteiger partial charge in [-0.25, -0.2) is 0 Å². The highest BCUT2D eigenvalue weighted by Crippen LogP contribution is 2.37. The van der Waals surface area contributed by atoms with Crippen molar-refractivity contribution >= 4 is 23.5 Å². The fourth-order valence-corrected chi connectivity index (χ4v) is 1.39. The number of nitrogens with zero attached hydrogens (tertiary/aromatic N) is 3. The lowest BCUT2D eigenvalue weighted by molar-refractivity contribution is 0.265. The van der Waals surface area contributed by atoms with E-state index >= 15 is 0 Å². The van der Waals surface area contributed by atoms with E-state index in [9.17, 15) is 0 Å². The van der Waals surface area contributed by atoms with Crippen LogP contribution in [0.25, 0.3) is 0 Å². The van der Waals surface area contributed by atoms with Gasteiger partial charge in [-0.2, -0.15) is 15.0 Å². The Hall–Kier alpha value is -1.14. The summed E-state index contributed by atoms with van der Waals surface area (Å²) in [5.74, 6) is 0.803. The van der Waals surface area contributed by atoms with Crippen LogP contribution in [0.1, 0.15) is 12.8 Å². The topological polar surface area (TPSA) is 83.0 Å². The summed E-state index contributed by atoms with van der Waals surface area (Å²) in [6, 6.07) is 0. The highest BCUT2D eigenvalue weighted by atomic mass is 35.5. The fourth-order valence-electron chi connectivity index (χ4n) is 1.23. The molecule has 3 N–H and O–H groups in total. The summed E-state index contributed by atoms with van der Waals surface area (Å²) >= 11 is 5.72. The Balaban J connectivity index is 2.17. The molecule has 0 radical (unpaired) electrons. The van der Waals surface area contributed by atoms with Crippen LogP contribution >= 0.6 is 11.6 Å². The Morgan fingerprint density at radius 1 is 1.33 bits per heavy atom. The standard InChI is InChI=1S/C8H12ClN5O/c1-10-6-11-5(9)12-7(13-6)14-8(4-15)2-3-8/h15H,2-4H2,1H3,(H2,10,11,12,13,14). The average molecular weight is 230 g/mol. The molecule has 1 aromatic rings. The molecule has 6 nitrogen and oxygen atoms in total. The average Bonchev–Trinajstić information content (AvgIpc) is 2.97. The molecule has 0 amide bonds. The third-order valence-electron chi connectivity index (χ3n) is 2.36. The van der Waals surface area contributed by atoms with Crippen LogP contribution in [0.4, 0.5) is 11.9 Å². The zero-order chi connectivity index (χ0) is 10.9. The molecule has 1 aliphatic rings. The Labute approximate surface area is 92.1 Å². The second-order valence-corrected chi connectivity index (χ2v) is 3.90. The molecule has 0 aliphatic heterocycles. The minimum absolute atomic E-state index is 0.0746. The molecule has 0 saturated heterocycles. The normalized spacial score (nSPS) is 17.3. The maximum absolute atomic E-state index is 9.13. The van der Waals surface area contributed by atoms with E-state index in [4.69, 9.17) is 16.7 Å². The van der Waals surface area contributed by atoms with E-state index in [2.05, 4.69) is 25.6 Å². The molecular weight excluding hydrogens is 218 g/mol. The van der Waals surface area contributed by atoms with E-state index in [1.807, 2.05) is 0 Å². The maximum atomic E-state index is 9.13. The lowest BCUT2D eigenvalue weighted by atomic mass is 10.3. The Morgan fingerprint density at radius 3 is 2.53 bits per heavy atom. The van der Waals surface area contributed by atoms with Crippen molar-refractivity contribution in [3.8, 4) is 0 Å². The maximum Gasteiger partial charge on any atom is 0.229 e. The van der Waals surface area contributed by atoms with Gasteiger partial charge in [0.1, 0.15) is 0 Å². The van der Waals surface area contributed by atoms with Crippen LogP contribution in [-0.2, 0) is 0 Å². The number of halogens is 1. The van der Waals surface area contributed by atoms with Gasteiger partial charge in [0.25, 0.3) is 0 Å². The van der Waals surface area contributed by atoms with Crippen LogP contribution < -0.4 is 10.6 Å². The molecule has 0 aromatic carbocycles. The number of hydrogen-bond donors (Lipinski definition) is 3. The van der Waals surface area contributed by atoms with Crippen molar-refractivity contribution in [3.05, 3.63) is 5.28 Å². The molecule has 0 bridgehead atoms. The first-order valence-corrected chi connectivity index (χ1v) is 5.04. The summed E-state index contributed by atoms with van der Waals surface area (Å²) in [5.41, 5.74) is -0.254. The zero-order valence-corrected chi connectivity index (χ0v) is 9.04. The zero-order valence-electron chi connectivity index (χ0n) is 8.29. The van der Waals surface area contributed by atoms with Gasteiger partial charge in [0, 0.05) is 7.05 Å². The number of anilines is 2. The van der Waals surface area contributed by atoms with Gasteiger partial charge in [0.2, 0.25) is 17.2 Å². The lowest BCUT2D eigenvalue weighted by Crippen LogP contribution is -2.27. The molecule has 15 heavy (non-hydrogen) atoms. The Kier molecular flexibility index (Phi) is 2.62. The first-order chi connectivity index (χ1) is 7.17. The number of rotatable bonds is 4. The fraction of sp³-hybridized carbons (Fsp3) is 0.625. The minimum Gasteiger partial charge on any atom is -0.394 e. The van der Waals surface area contributed by atoms with Crippen molar-refractivity contribution in [2.24, 2.45) is 0 Å². The van der Waals surface area contributed by atoms with E-state index in [1.165, 1.54) is 0 Å². The molecule has 0 atom stereocenters. The molecular formula is C8H12ClN5O. The molecule has 0 spiro atoms. The number of nitrogens with one attached hydrogen (secondary N) is 2. The molecule has 82 valence electrons. The summed E-state index contributed by atoms with van der Waals surface area (Å²) in [4.78, 5) is 11.9. The summed E-state index contributed by atoms with van der Waals surface area (Å²) in [6.07, 6.45) is 1.84. The summed E-state index contributed by atoms with van der Waals surface area (Å²) < 4.78 is 0. The van der Waals surface area contributed by atoms with Gasteiger partial charge in [-0.05, 0) is 24.4 Å². The van der Waals surface area contributed by atoms with Crippen molar-refractivity contribution in [3.63, 3.8) is 0 Å².